The van der Waals surface area contributed by atoms with Gasteiger partial charge in [-0.05, 0) is 43.5 Å². The molecule has 0 aliphatic carbocycles. The number of halogens is 1. The Balaban J connectivity index is 1.60. The summed E-state index contributed by atoms with van der Waals surface area (Å²) in [6.45, 7) is 6.26. The molecule has 9 heteroatoms. The van der Waals surface area contributed by atoms with E-state index >= 15 is 0 Å². The minimum atomic E-state index is -0.218. The van der Waals surface area contributed by atoms with E-state index in [2.05, 4.69) is 6.92 Å². The van der Waals surface area contributed by atoms with E-state index in [4.69, 9.17) is 21.1 Å². The van der Waals surface area contributed by atoms with E-state index in [1.165, 1.54) is 0 Å². The molecule has 0 spiro atoms. The number of unbranched alkanes of at least 4 members (excludes halogenated alkanes) is 2. The molecule has 1 aliphatic heterocycles. The molecule has 2 aromatic carbocycles. The van der Waals surface area contributed by atoms with Crippen LogP contribution in [0.2, 0.25) is 5.02 Å². The molecule has 4 rings (SSSR count). The lowest BCUT2D eigenvalue weighted by molar-refractivity contribution is -0.129. The number of anilines is 1. The molecule has 1 saturated heterocycles. The first-order valence-corrected chi connectivity index (χ1v) is 14.0. The smallest absolute Gasteiger partial charge is 0.324 e. The van der Waals surface area contributed by atoms with Crippen molar-refractivity contribution in [3.63, 3.8) is 0 Å². The summed E-state index contributed by atoms with van der Waals surface area (Å²) in [5.74, 6) is 1.29. The van der Waals surface area contributed by atoms with Gasteiger partial charge in [0.25, 0.3) is 0 Å². The van der Waals surface area contributed by atoms with Crippen molar-refractivity contribution in [2.24, 2.45) is 0 Å². The zero-order chi connectivity index (χ0) is 28.1. The first-order valence-electron chi connectivity index (χ1n) is 13.6. The first kappa shape index (κ1) is 28.6. The summed E-state index contributed by atoms with van der Waals surface area (Å²) in [6.07, 6.45) is 5.82. The van der Waals surface area contributed by atoms with E-state index in [9.17, 15) is 9.59 Å². The van der Waals surface area contributed by atoms with Gasteiger partial charge in [0.05, 0.1) is 30.3 Å². The number of ether oxygens (including phenoxy) is 2. The molecular weight excluding hydrogens is 516 g/mol. The molecule has 1 aromatic heterocycles. The Bertz CT molecular complexity index is 1320. The molecule has 210 valence electrons. The van der Waals surface area contributed by atoms with Crippen molar-refractivity contribution in [2.45, 2.75) is 52.1 Å². The number of urea groups is 1. The predicted molar refractivity (Wildman–Crippen MR) is 156 cm³/mol. The van der Waals surface area contributed by atoms with E-state index in [1.807, 2.05) is 52.8 Å². The second-order valence-electron chi connectivity index (χ2n) is 10.2. The molecule has 8 nitrogen and oxygen atoms in total. The van der Waals surface area contributed by atoms with E-state index in [-0.39, 0.29) is 24.5 Å². The van der Waals surface area contributed by atoms with Gasteiger partial charge in [-0.1, -0.05) is 43.5 Å². The minimum absolute atomic E-state index is 0.0166. The number of benzene rings is 2. The van der Waals surface area contributed by atoms with Crippen molar-refractivity contribution in [2.75, 3.05) is 45.8 Å². The van der Waals surface area contributed by atoms with Gasteiger partial charge in [-0.25, -0.2) is 4.79 Å². The zero-order valence-electron chi connectivity index (χ0n) is 23.6. The zero-order valence-corrected chi connectivity index (χ0v) is 24.3. The lowest BCUT2D eigenvalue weighted by Gasteiger charge is -2.39. The van der Waals surface area contributed by atoms with Gasteiger partial charge in [0.2, 0.25) is 5.91 Å². The standard InChI is InChI=1S/C30H39ClN4O4/c1-6-7-8-17-39-27-18-22(13-14-26(27)38-5)35-16-10-15-34(30(35)37)21(2)23-11-9-12-25-29(23)24(31)19-33(25)20-28(36)32(3)4/h9,11-14,18-19,21H,6-8,10,15-17,20H2,1-5H3. The van der Waals surface area contributed by atoms with Gasteiger partial charge in [0, 0.05) is 50.5 Å². The van der Waals surface area contributed by atoms with Crippen LogP contribution in [0.5, 0.6) is 11.5 Å². The second kappa shape index (κ2) is 12.6. The molecule has 0 saturated carbocycles. The Hall–Kier alpha value is -3.39. The van der Waals surface area contributed by atoms with E-state index in [0.717, 1.165) is 47.8 Å². The fourth-order valence-corrected chi connectivity index (χ4v) is 5.41. The third-order valence-corrected chi connectivity index (χ3v) is 7.62. The summed E-state index contributed by atoms with van der Waals surface area (Å²) in [7, 11) is 5.10. The highest BCUT2D eigenvalue weighted by Crippen LogP contribution is 2.38. The summed E-state index contributed by atoms with van der Waals surface area (Å²) in [4.78, 5) is 31.5. The number of hydrogen-bond donors (Lipinski definition) is 0. The largest absolute Gasteiger partial charge is 0.493 e. The normalized spacial score (nSPS) is 14.6. The van der Waals surface area contributed by atoms with Gasteiger partial charge in [-0.3, -0.25) is 9.69 Å². The number of rotatable bonds is 11. The topological polar surface area (TPSA) is 67.2 Å². The Morgan fingerprint density at radius 3 is 2.64 bits per heavy atom. The van der Waals surface area contributed by atoms with Crippen LogP contribution in [0.1, 0.15) is 51.1 Å². The number of fused-ring (bicyclic) bond motifs is 1. The maximum absolute atomic E-state index is 13.8. The van der Waals surface area contributed by atoms with Crippen LogP contribution in [0, 0.1) is 0 Å². The van der Waals surface area contributed by atoms with Crippen molar-refractivity contribution in [3.8, 4) is 11.5 Å². The minimum Gasteiger partial charge on any atom is -0.493 e. The molecule has 1 unspecified atom stereocenters. The SMILES string of the molecule is CCCCCOc1cc(N2CCCN(C(C)c3cccc4c3c(Cl)cn4CC(=O)N(C)C)C2=O)ccc1OC. The van der Waals surface area contributed by atoms with Gasteiger partial charge in [0.15, 0.2) is 11.5 Å². The lowest BCUT2D eigenvalue weighted by Crippen LogP contribution is -2.50. The van der Waals surface area contributed by atoms with Crippen molar-refractivity contribution in [1.82, 2.24) is 14.4 Å². The average Bonchev–Trinajstić information content (AvgIpc) is 3.25. The molecule has 3 aromatic rings. The molecule has 1 atom stereocenters. The summed E-state index contributed by atoms with van der Waals surface area (Å²) in [5, 5.41) is 1.44. The predicted octanol–water partition coefficient (Wildman–Crippen LogP) is 6.35. The van der Waals surface area contributed by atoms with Crippen LogP contribution in [0.3, 0.4) is 0 Å². The van der Waals surface area contributed by atoms with Gasteiger partial charge in [0.1, 0.15) is 6.54 Å². The second-order valence-corrected chi connectivity index (χ2v) is 10.6. The van der Waals surface area contributed by atoms with Gasteiger partial charge in [-0.15, -0.1) is 0 Å². The van der Waals surface area contributed by atoms with Crippen LogP contribution in [0.25, 0.3) is 10.9 Å². The molecule has 0 bridgehead atoms. The van der Waals surface area contributed by atoms with E-state index < -0.39 is 0 Å². The molecule has 0 radical (unpaired) electrons. The maximum atomic E-state index is 13.8. The highest BCUT2D eigenvalue weighted by atomic mass is 35.5. The number of carbonyl (C=O) groups excluding carboxylic acids is 2. The quantitative estimate of drug-likeness (QED) is 0.259. The molecule has 0 N–H and O–H groups in total. The summed E-state index contributed by atoms with van der Waals surface area (Å²) in [5.41, 5.74) is 2.62. The molecule has 1 fully saturated rings. The Labute approximate surface area is 236 Å². The molecular formula is C30H39ClN4O4. The summed E-state index contributed by atoms with van der Waals surface area (Å²) in [6, 6.07) is 11.3. The first-order chi connectivity index (χ1) is 18.8. The van der Waals surface area contributed by atoms with Crippen LogP contribution in [-0.4, -0.2) is 67.2 Å². The van der Waals surface area contributed by atoms with Gasteiger partial charge in [-0.2, -0.15) is 0 Å². The number of amides is 3. The third-order valence-electron chi connectivity index (χ3n) is 7.34. The maximum Gasteiger partial charge on any atom is 0.324 e. The number of nitrogens with zero attached hydrogens (tertiary/aromatic N) is 4. The monoisotopic (exact) mass is 554 g/mol. The Morgan fingerprint density at radius 1 is 1.13 bits per heavy atom. The molecule has 2 heterocycles. The lowest BCUT2D eigenvalue weighted by atomic mass is 10.0. The average molecular weight is 555 g/mol. The van der Waals surface area contributed by atoms with Crippen LogP contribution in [0.15, 0.2) is 42.6 Å². The van der Waals surface area contributed by atoms with Crippen molar-refractivity contribution in [1.29, 1.82) is 0 Å². The highest BCUT2D eigenvalue weighted by molar-refractivity contribution is 6.36. The number of hydrogen-bond acceptors (Lipinski definition) is 4. The Kier molecular flexibility index (Phi) is 9.28. The van der Waals surface area contributed by atoms with Gasteiger partial charge < -0.3 is 23.8 Å². The van der Waals surface area contributed by atoms with Crippen molar-refractivity contribution < 1.29 is 19.1 Å². The Morgan fingerprint density at radius 2 is 1.92 bits per heavy atom. The fourth-order valence-electron chi connectivity index (χ4n) is 5.09. The van der Waals surface area contributed by atoms with Crippen LogP contribution in [0.4, 0.5) is 10.5 Å². The van der Waals surface area contributed by atoms with Crippen LogP contribution >= 0.6 is 11.6 Å². The van der Waals surface area contributed by atoms with Crippen LogP contribution in [-0.2, 0) is 11.3 Å². The van der Waals surface area contributed by atoms with E-state index in [0.29, 0.717) is 36.2 Å². The van der Waals surface area contributed by atoms with Crippen LogP contribution < -0.4 is 14.4 Å². The summed E-state index contributed by atoms with van der Waals surface area (Å²) >= 11 is 6.71. The number of aromatic nitrogens is 1. The van der Waals surface area contributed by atoms with Gasteiger partial charge >= 0.3 is 6.03 Å². The molecule has 3 amide bonds. The molecule has 39 heavy (non-hydrogen) atoms. The van der Waals surface area contributed by atoms with Crippen molar-refractivity contribution >= 4 is 40.1 Å². The molecule has 1 aliphatic rings. The van der Waals surface area contributed by atoms with Crippen molar-refractivity contribution in [3.05, 3.63) is 53.2 Å². The number of likely N-dealkylation sites (N-methyl/N-ethyl adjacent to an activating group) is 1. The number of carbonyl (C=O) groups is 2. The summed E-state index contributed by atoms with van der Waals surface area (Å²) < 4.78 is 13.4. The van der Waals surface area contributed by atoms with E-state index in [1.54, 1.807) is 37.2 Å². The third kappa shape index (κ3) is 6.11. The highest BCUT2D eigenvalue weighted by Gasteiger charge is 2.32. The fraction of sp³-hybridized carbons (Fsp3) is 0.467. The number of methoxy groups -OCH3 is 1.